The van der Waals surface area contributed by atoms with E-state index in [9.17, 15) is 9.18 Å². The Bertz CT molecular complexity index is 850. The van der Waals surface area contributed by atoms with Crippen LogP contribution in [0.1, 0.15) is 25.8 Å². The molecule has 0 aliphatic heterocycles. The van der Waals surface area contributed by atoms with Crippen molar-refractivity contribution in [3.05, 3.63) is 59.9 Å². The predicted molar refractivity (Wildman–Crippen MR) is 95.3 cm³/mol. The first-order chi connectivity index (χ1) is 11.5. The lowest BCUT2D eigenvalue weighted by Gasteiger charge is -2.09. The van der Waals surface area contributed by atoms with Crippen LogP contribution in [0.4, 0.5) is 4.39 Å². The van der Waals surface area contributed by atoms with Gasteiger partial charge in [0.2, 0.25) is 5.91 Å². The number of aromatic nitrogens is 1. The summed E-state index contributed by atoms with van der Waals surface area (Å²) in [5, 5.41) is 4.03. The summed E-state index contributed by atoms with van der Waals surface area (Å²) in [7, 11) is 0. The van der Waals surface area contributed by atoms with E-state index in [-0.39, 0.29) is 17.8 Å². The molecule has 0 saturated carbocycles. The Kier molecular flexibility index (Phi) is 4.65. The van der Waals surface area contributed by atoms with Crippen molar-refractivity contribution in [1.29, 1.82) is 0 Å². The van der Waals surface area contributed by atoms with E-state index >= 15 is 0 Å². The summed E-state index contributed by atoms with van der Waals surface area (Å²) in [4.78, 5) is 15.4. The number of carbonyl (C=O) groups is 1. The highest BCUT2D eigenvalue weighted by Crippen LogP contribution is 2.31. The first-order valence-electron chi connectivity index (χ1n) is 8.19. The third-order valence-corrected chi connectivity index (χ3v) is 4.00. The number of rotatable bonds is 5. The van der Waals surface area contributed by atoms with E-state index in [2.05, 4.69) is 16.4 Å². The fourth-order valence-electron chi connectivity index (χ4n) is 2.96. The molecular formula is C20H21FN2O. The summed E-state index contributed by atoms with van der Waals surface area (Å²) in [5.41, 5.74) is 3.99. The van der Waals surface area contributed by atoms with Crippen molar-refractivity contribution in [3.63, 3.8) is 0 Å². The Balaban J connectivity index is 1.96. The lowest BCUT2D eigenvalue weighted by molar-refractivity contribution is -0.121. The van der Waals surface area contributed by atoms with Gasteiger partial charge in [0.25, 0.3) is 0 Å². The molecule has 0 saturated heterocycles. The van der Waals surface area contributed by atoms with Crippen LogP contribution in [0.15, 0.2) is 48.5 Å². The van der Waals surface area contributed by atoms with Gasteiger partial charge < -0.3 is 10.3 Å². The second kappa shape index (κ2) is 6.87. The predicted octanol–water partition coefficient (Wildman–Crippen LogP) is 4.43. The van der Waals surface area contributed by atoms with Crippen molar-refractivity contribution in [3.8, 4) is 11.3 Å². The number of hydrogen-bond acceptors (Lipinski definition) is 1. The van der Waals surface area contributed by atoms with Crippen molar-refractivity contribution >= 4 is 16.8 Å². The lowest BCUT2D eigenvalue weighted by atomic mass is 10.0. The van der Waals surface area contributed by atoms with Gasteiger partial charge in [-0.05, 0) is 61.7 Å². The maximum atomic E-state index is 13.2. The van der Waals surface area contributed by atoms with E-state index in [1.165, 1.54) is 12.1 Å². The van der Waals surface area contributed by atoms with Crippen LogP contribution in [0.2, 0.25) is 0 Å². The van der Waals surface area contributed by atoms with Crippen molar-refractivity contribution in [2.24, 2.45) is 0 Å². The van der Waals surface area contributed by atoms with E-state index < -0.39 is 0 Å². The molecule has 24 heavy (non-hydrogen) atoms. The molecule has 4 heteroatoms. The molecule has 0 spiro atoms. The molecule has 0 fully saturated rings. The van der Waals surface area contributed by atoms with E-state index in [4.69, 9.17) is 0 Å². The van der Waals surface area contributed by atoms with E-state index in [1.807, 2.05) is 32.0 Å². The fourth-order valence-corrected chi connectivity index (χ4v) is 2.96. The van der Waals surface area contributed by atoms with E-state index in [1.54, 1.807) is 12.1 Å². The fraction of sp³-hybridized carbons (Fsp3) is 0.250. The maximum Gasteiger partial charge on any atom is 0.220 e. The Labute approximate surface area is 140 Å². The number of halogens is 1. The topological polar surface area (TPSA) is 44.9 Å². The van der Waals surface area contributed by atoms with Gasteiger partial charge in [-0.25, -0.2) is 4.39 Å². The number of carbonyl (C=O) groups excluding carboxylic acids is 1. The number of aromatic amines is 1. The molecule has 3 nitrogen and oxygen atoms in total. The zero-order valence-electron chi connectivity index (χ0n) is 13.9. The van der Waals surface area contributed by atoms with Crippen molar-refractivity contribution in [2.75, 3.05) is 0 Å². The number of H-pyrrole nitrogens is 1. The minimum atomic E-state index is -0.257. The number of fused-ring (bicyclic) bond motifs is 1. The Hall–Kier alpha value is -2.62. The molecular weight excluding hydrogens is 303 g/mol. The van der Waals surface area contributed by atoms with Gasteiger partial charge in [-0.2, -0.15) is 0 Å². The van der Waals surface area contributed by atoms with Crippen LogP contribution in [0.3, 0.4) is 0 Å². The van der Waals surface area contributed by atoms with Gasteiger partial charge in [-0.1, -0.05) is 18.2 Å². The number of benzene rings is 2. The Morgan fingerprint density at radius 1 is 1.12 bits per heavy atom. The van der Waals surface area contributed by atoms with Crippen molar-refractivity contribution in [2.45, 2.75) is 32.7 Å². The summed E-state index contributed by atoms with van der Waals surface area (Å²) in [6.07, 6.45) is 1.06. The quantitative estimate of drug-likeness (QED) is 0.716. The molecule has 0 aliphatic carbocycles. The van der Waals surface area contributed by atoms with Crippen LogP contribution in [-0.4, -0.2) is 16.9 Å². The number of hydrogen-bond donors (Lipinski definition) is 2. The number of aryl methyl sites for hydroxylation is 1. The monoisotopic (exact) mass is 324 g/mol. The average Bonchev–Trinajstić information content (AvgIpc) is 2.91. The zero-order valence-corrected chi connectivity index (χ0v) is 13.9. The molecule has 124 valence electrons. The van der Waals surface area contributed by atoms with Gasteiger partial charge >= 0.3 is 0 Å². The maximum absolute atomic E-state index is 13.2. The standard InChI is InChI=1S/C20H21FN2O/c1-13(2)22-19(24)12-11-17-16-5-3-4-6-18(16)23-20(17)14-7-9-15(21)10-8-14/h3-10,13,23H,11-12H2,1-2H3,(H,22,24). The van der Waals surface area contributed by atoms with Gasteiger partial charge in [0.05, 0.1) is 0 Å². The molecule has 2 aromatic carbocycles. The van der Waals surface area contributed by atoms with Crippen LogP contribution >= 0.6 is 0 Å². The summed E-state index contributed by atoms with van der Waals surface area (Å²) in [6.45, 7) is 3.90. The second-order valence-electron chi connectivity index (χ2n) is 6.25. The highest BCUT2D eigenvalue weighted by atomic mass is 19.1. The van der Waals surface area contributed by atoms with E-state index in [0.29, 0.717) is 12.8 Å². The molecule has 3 aromatic rings. The Morgan fingerprint density at radius 3 is 2.54 bits per heavy atom. The van der Waals surface area contributed by atoms with Gasteiger partial charge in [0.1, 0.15) is 5.82 Å². The first-order valence-corrected chi connectivity index (χ1v) is 8.19. The highest BCUT2D eigenvalue weighted by molar-refractivity contribution is 5.91. The third-order valence-electron chi connectivity index (χ3n) is 4.00. The smallest absolute Gasteiger partial charge is 0.220 e. The van der Waals surface area contributed by atoms with Crippen LogP contribution < -0.4 is 5.32 Å². The van der Waals surface area contributed by atoms with Crippen molar-refractivity contribution < 1.29 is 9.18 Å². The summed E-state index contributed by atoms with van der Waals surface area (Å²) in [6, 6.07) is 14.6. The van der Waals surface area contributed by atoms with Crippen LogP contribution in [-0.2, 0) is 11.2 Å². The number of amides is 1. The van der Waals surface area contributed by atoms with Crippen LogP contribution in [0, 0.1) is 5.82 Å². The molecule has 0 unspecified atom stereocenters. The number of para-hydroxylation sites is 1. The summed E-state index contributed by atoms with van der Waals surface area (Å²) < 4.78 is 13.2. The molecule has 1 heterocycles. The SMILES string of the molecule is CC(C)NC(=O)CCc1c(-c2ccc(F)cc2)[nH]c2ccccc12. The molecule has 0 bridgehead atoms. The number of nitrogens with one attached hydrogen (secondary N) is 2. The minimum Gasteiger partial charge on any atom is -0.354 e. The molecule has 1 amide bonds. The van der Waals surface area contributed by atoms with Crippen LogP contribution in [0.25, 0.3) is 22.2 Å². The first kappa shape index (κ1) is 16.2. The van der Waals surface area contributed by atoms with E-state index in [0.717, 1.165) is 27.7 Å². The molecule has 0 atom stereocenters. The van der Waals surface area contributed by atoms with Crippen molar-refractivity contribution in [1.82, 2.24) is 10.3 Å². The van der Waals surface area contributed by atoms with Crippen LogP contribution in [0.5, 0.6) is 0 Å². The Morgan fingerprint density at radius 2 is 1.83 bits per heavy atom. The third kappa shape index (κ3) is 3.48. The lowest BCUT2D eigenvalue weighted by Crippen LogP contribution is -2.30. The molecule has 1 aromatic heterocycles. The molecule has 0 aliphatic rings. The second-order valence-corrected chi connectivity index (χ2v) is 6.25. The minimum absolute atomic E-state index is 0.0420. The van der Waals surface area contributed by atoms with Gasteiger partial charge in [-0.3, -0.25) is 4.79 Å². The average molecular weight is 324 g/mol. The van der Waals surface area contributed by atoms with Gasteiger partial charge in [0, 0.05) is 29.1 Å². The normalized spacial score (nSPS) is 11.2. The molecule has 2 N–H and O–H groups in total. The largest absolute Gasteiger partial charge is 0.354 e. The molecule has 3 rings (SSSR count). The molecule has 0 radical (unpaired) electrons. The van der Waals surface area contributed by atoms with Gasteiger partial charge in [-0.15, -0.1) is 0 Å². The summed E-state index contributed by atoms with van der Waals surface area (Å²) >= 11 is 0. The highest BCUT2D eigenvalue weighted by Gasteiger charge is 2.14. The zero-order chi connectivity index (χ0) is 17.1. The van der Waals surface area contributed by atoms with Gasteiger partial charge in [0.15, 0.2) is 0 Å². The summed E-state index contributed by atoms with van der Waals surface area (Å²) in [5.74, 6) is -0.215.